The number of ketones is 3. The number of aromatic hydroxyl groups is 2. The summed E-state index contributed by atoms with van der Waals surface area (Å²) in [6.45, 7) is 1.15. The lowest BCUT2D eigenvalue weighted by Gasteiger charge is -2.36. The lowest BCUT2D eigenvalue weighted by Crippen LogP contribution is -2.44. The second-order valence-corrected chi connectivity index (χ2v) is 7.03. The Morgan fingerprint density at radius 2 is 1.56 bits per heavy atom. The Balaban J connectivity index is 2.04. The Labute approximate surface area is 153 Å². The van der Waals surface area contributed by atoms with Crippen LogP contribution in [0, 0.1) is 0 Å². The van der Waals surface area contributed by atoms with Gasteiger partial charge in [-0.25, -0.2) is 0 Å². The molecule has 2 aliphatic rings. The second kappa shape index (κ2) is 5.48. The summed E-state index contributed by atoms with van der Waals surface area (Å²) in [7, 11) is 0. The van der Waals surface area contributed by atoms with Gasteiger partial charge in [-0.15, -0.1) is 0 Å². The van der Waals surface area contributed by atoms with Gasteiger partial charge in [0.1, 0.15) is 17.1 Å². The van der Waals surface area contributed by atoms with E-state index in [2.05, 4.69) is 0 Å². The summed E-state index contributed by atoms with van der Waals surface area (Å²) < 4.78 is 0. The van der Waals surface area contributed by atoms with Crippen LogP contribution < -0.4 is 0 Å². The van der Waals surface area contributed by atoms with Gasteiger partial charge in [-0.3, -0.25) is 14.4 Å². The topological polar surface area (TPSA) is 132 Å². The van der Waals surface area contributed by atoms with E-state index in [0.717, 1.165) is 6.92 Å². The number of rotatable bonds is 1. The maximum atomic E-state index is 12.9. The maximum absolute atomic E-state index is 12.9. The van der Waals surface area contributed by atoms with E-state index in [9.17, 15) is 34.8 Å². The van der Waals surface area contributed by atoms with Gasteiger partial charge in [-0.1, -0.05) is 24.3 Å². The van der Waals surface area contributed by atoms with E-state index >= 15 is 0 Å². The Morgan fingerprint density at radius 1 is 1.04 bits per heavy atom. The molecular formula is C20H16O7. The first kappa shape index (κ1) is 17.4. The zero-order valence-corrected chi connectivity index (χ0v) is 14.3. The second-order valence-electron chi connectivity index (χ2n) is 7.03. The number of carbonyl (C=O) groups is 3. The Hall–Kier alpha value is -3.03. The average Bonchev–Trinajstić information content (AvgIpc) is 2.62. The summed E-state index contributed by atoms with van der Waals surface area (Å²) in [5.74, 6) is -3.12. The van der Waals surface area contributed by atoms with Crippen molar-refractivity contribution in [1.82, 2.24) is 0 Å². The smallest absolute Gasteiger partial charge is 0.198 e. The quantitative estimate of drug-likeness (QED) is 0.474. The number of Topliss-reactive ketones (excluding diaryl/α,β-unsaturated/α-hetero) is 1. The number of fused-ring (bicyclic) bond motifs is 3. The van der Waals surface area contributed by atoms with Gasteiger partial charge in [-0.05, 0) is 6.92 Å². The molecular weight excluding hydrogens is 352 g/mol. The van der Waals surface area contributed by atoms with Crippen molar-refractivity contribution >= 4 is 17.3 Å². The van der Waals surface area contributed by atoms with Crippen LogP contribution in [0.3, 0.4) is 0 Å². The molecule has 0 radical (unpaired) electrons. The molecule has 0 aromatic heterocycles. The summed E-state index contributed by atoms with van der Waals surface area (Å²) in [5, 5.41) is 42.3. The SMILES string of the molecule is CC(=O)[C@]1(O)Cc2c(O)c3c(c(O)c2[C@H](O)C1)C(=O)c1ccccc1C3=O. The number of phenolic OH excluding ortho intramolecular Hbond substituents is 2. The van der Waals surface area contributed by atoms with Crippen LogP contribution in [-0.4, -0.2) is 43.4 Å². The van der Waals surface area contributed by atoms with E-state index in [1.165, 1.54) is 12.1 Å². The molecule has 27 heavy (non-hydrogen) atoms. The van der Waals surface area contributed by atoms with E-state index in [1.807, 2.05) is 0 Å². The van der Waals surface area contributed by atoms with Crippen molar-refractivity contribution in [2.45, 2.75) is 31.5 Å². The van der Waals surface area contributed by atoms with Gasteiger partial charge in [0.15, 0.2) is 17.3 Å². The highest BCUT2D eigenvalue weighted by Gasteiger charge is 2.46. The minimum Gasteiger partial charge on any atom is -0.507 e. The number of aliphatic hydroxyl groups is 2. The van der Waals surface area contributed by atoms with Gasteiger partial charge in [0.05, 0.1) is 17.2 Å². The molecule has 7 heteroatoms. The van der Waals surface area contributed by atoms with Crippen LogP contribution in [0.2, 0.25) is 0 Å². The molecule has 7 nitrogen and oxygen atoms in total. The van der Waals surface area contributed by atoms with Crippen LogP contribution in [0.1, 0.15) is 62.4 Å². The molecule has 0 heterocycles. The van der Waals surface area contributed by atoms with Gasteiger partial charge < -0.3 is 20.4 Å². The van der Waals surface area contributed by atoms with Crippen molar-refractivity contribution in [3.8, 4) is 11.5 Å². The van der Waals surface area contributed by atoms with Gasteiger partial charge in [0, 0.05) is 35.1 Å². The lowest BCUT2D eigenvalue weighted by atomic mass is 9.72. The molecule has 0 saturated carbocycles. The Bertz CT molecular complexity index is 1050. The van der Waals surface area contributed by atoms with Gasteiger partial charge in [0.25, 0.3) is 0 Å². The largest absolute Gasteiger partial charge is 0.507 e. The standard InChI is InChI=1S/C20H16O7/c1-8(21)20(27)6-11-13(12(22)7-20)19(26)15-14(18(11)25)16(23)9-4-2-3-5-10(9)17(15)24/h2-5,12,22,25-27H,6-7H2,1H3/t12-,20+/m1/s1. The summed E-state index contributed by atoms with van der Waals surface area (Å²) >= 11 is 0. The van der Waals surface area contributed by atoms with E-state index in [0.29, 0.717) is 0 Å². The van der Waals surface area contributed by atoms with Gasteiger partial charge in [0.2, 0.25) is 0 Å². The third-order valence-electron chi connectivity index (χ3n) is 5.45. The molecule has 0 saturated heterocycles. The number of hydrogen-bond donors (Lipinski definition) is 4. The van der Waals surface area contributed by atoms with Crippen molar-refractivity contribution in [2.24, 2.45) is 0 Å². The highest BCUT2D eigenvalue weighted by Crippen LogP contribution is 2.50. The molecule has 0 spiro atoms. The Kier molecular flexibility index (Phi) is 3.53. The fourth-order valence-electron chi connectivity index (χ4n) is 3.98. The van der Waals surface area contributed by atoms with E-state index < -0.39 is 40.6 Å². The van der Waals surface area contributed by atoms with E-state index in [4.69, 9.17) is 0 Å². The molecule has 0 amide bonds. The molecule has 0 bridgehead atoms. The summed E-state index contributed by atoms with van der Waals surface area (Å²) in [6.07, 6.45) is -2.26. The van der Waals surface area contributed by atoms with E-state index in [-0.39, 0.29) is 46.2 Å². The summed E-state index contributed by atoms with van der Waals surface area (Å²) in [4.78, 5) is 37.5. The average molecular weight is 368 g/mol. The number of benzene rings is 2. The van der Waals surface area contributed by atoms with Crippen molar-refractivity contribution in [2.75, 3.05) is 0 Å². The first-order chi connectivity index (χ1) is 12.7. The van der Waals surface area contributed by atoms with E-state index in [1.54, 1.807) is 12.1 Å². The van der Waals surface area contributed by atoms with Crippen LogP contribution in [0.25, 0.3) is 0 Å². The normalized spacial score (nSPS) is 23.4. The fourth-order valence-corrected chi connectivity index (χ4v) is 3.98. The van der Waals surface area contributed by atoms with Crippen molar-refractivity contribution in [1.29, 1.82) is 0 Å². The van der Waals surface area contributed by atoms with Crippen LogP contribution in [0.15, 0.2) is 24.3 Å². The van der Waals surface area contributed by atoms with Crippen molar-refractivity contribution in [3.63, 3.8) is 0 Å². The molecule has 0 aliphatic heterocycles. The molecule has 2 aliphatic carbocycles. The minimum atomic E-state index is -1.94. The Morgan fingerprint density at radius 3 is 2.07 bits per heavy atom. The van der Waals surface area contributed by atoms with Gasteiger partial charge in [-0.2, -0.15) is 0 Å². The molecule has 4 N–H and O–H groups in total. The molecule has 0 unspecified atom stereocenters. The number of carbonyl (C=O) groups excluding carboxylic acids is 3. The number of phenols is 2. The van der Waals surface area contributed by atoms with Gasteiger partial charge >= 0.3 is 0 Å². The van der Waals surface area contributed by atoms with Crippen LogP contribution in [-0.2, 0) is 11.2 Å². The molecule has 0 fully saturated rings. The third kappa shape index (κ3) is 2.19. The zero-order valence-electron chi connectivity index (χ0n) is 14.3. The molecule has 2 atom stereocenters. The highest BCUT2D eigenvalue weighted by atomic mass is 16.3. The maximum Gasteiger partial charge on any atom is 0.198 e. The fraction of sp³-hybridized carbons (Fsp3) is 0.250. The highest BCUT2D eigenvalue weighted by molar-refractivity contribution is 6.30. The molecule has 138 valence electrons. The van der Waals surface area contributed by atoms with Crippen LogP contribution >= 0.6 is 0 Å². The molecule has 2 aromatic rings. The predicted octanol–water partition coefficient (Wildman–Crippen LogP) is 1.17. The summed E-state index contributed by atoms with van der Waals surface area (Å²) in [6, 6.07) is 6.03. The van der Waals surface area contributed by atoms with Crippen molar-refractivity contribution in [3.05, 3.63) is 57.6 Å². The summed E-state index contributed by atoms with van der Waals surface area (Å²) in [5.41, 5.74) is -2.76. The van der Waals surface area contributed by atoms with Crippen LogP contribution in [0.4, 0.5) is 0 Å². The monoisotopic (exact) mass is 368 g/mol. The van der Waals surface area contributed by atoms with Crippen molar-refractivity contribution < 1.29 is 34.8 Å². The van der Waals surface area contributed by atoms with Crippen LogP contribution in [0.5, 0.6) is 11.5 Å². The lowest BCUT2D eigenvalue weighted by molar-refractivity contribution is -0.139. The molecule has 2 aromatic carbocycles. The third-order valence-corrected chi connectivity index (χ3v) is 5.45. The first-order valence-corrected chi connectivity index (χ1v) is 8.38. The predicted molar refractivity (Wildman–Crippen MR) is 92.0 cm³/mol. The number of aliphatic hydroxyl groups excluding tert-OH is 1. The zero-order chi connectivity index (χ0) is 19.7. The number of hydrogen-bond acceptors (Lipinski definition) is 7. The minimum absolute atomic E-state index is 0.0860. The molecule has 4 rings (SSSR count). The first-order valence-electron chi connectivity index (χ1n) is 8.38.